The Kier molecular flexibility index (Phi) is 7.08. The second-order valence-electron chi connectivity index (χ2n) is 8.71. The minimum Gasteiger partial charge on any atom is -0.489 e. The molecule has 4 rings (SSSR count). The number of rotatable bonds is 7. The van der Waals surface area contributed by atoms with Crippen LogP contribution in [0.3, 0.4) is 0 Å². The Bertz CT molecular complexity index is 1120. The van der Waals surface area contributed by atoms with E-state index in [1.807, 2.05) is 24.3 Å². The Balaban J connectivity index is 1.58. The van der Waals surface area contributed by atoms with Gasteiger partial charge < -0.3 is 15.4 Å². The second kappa shape index (κ2) is 10.3. The molecule has 0 aliphatic carbocycles. The van der Waals surface area contributed by atoms with Crippen LogP contribution in [0.5, 0.6) is 5.75 Å². The number of hydrogen-bond acceptors (Lipinski definition) is 5. The van der Waals surface area contributed by atoms with Gasteiger partial charge in [-0.1, -0.05) is 50.2 Å². The molecular formula is C28H32N4O. The highest BCUT2D eigenvalue weighted by Crippen LogP contribution is 2.28. The van der Waals surface area contributed by atoms with E-state index in [2.05, 4.69) is 67.2 Å². The number of likely N-dealkylation sites (N-methyl/N-ethyl adjacent to an activating group) is 1. The van der Waals surface area contributed by atoms with Crippen molar-refractivity contribution < 1.29 is 4.74 Å². The summed E-state index contributed by atoms with van der Waals surface area (Å²) >= 11 is 0. The average molecular weight is 441 g/mol. The predicted molar refractivity (Wildman–Crippen MR) is 136 cm³/mol. The van der Waals surface area contributed by atoms with E-state index in [0.29, 0.717) is 18.2 Å². The molecule has 0 saturated carbocycles. The summed E-state index contributed by atoms with van der Waals surface area (Å²) < 4.78 is 6.04. The summed E-state index contributed by atoms with van der Waals surface area (Å²) in [6, 6.07) is 20.6. The van der Waals surface area contributed by atoms with Crippen molar-refractivity contribution in [3.05, 3.63) is 95.3 Å². The molecule has 3 aromatic rings. The summed E-state index contributed by atoms with van der Waals surface area (Å²) in [7, 11) is 2.07. The lowest BCUT2D eigenvalue weighted by atomic mass is 9.97. The van der Waals surface area contributed by atoms with Gasteiger partial charge in [0.1, 0.15) is 18.2 Å². The largest absolute Gasteiger partial charge is 0.489 e. The molecular weight excluding hydrogens is 408 g/mol. The number of aromatic nitrogens is 1. The third kappa shape index (κ3) is 5.43. The maximum atomic E-state index is 6.68. The van der Waals surface area contributed by atoms with E-state index in [0.717, 1.165) is 53.4 Å². The van der Waals surface area contributed by atoms with E-state index in [9.17, 15) is 0 Å². The standard InChI is InChI=1S/C28H32N4O/c1-20(2)22-7-5-21(6-8-22)19-33-25-11-9-23(10-12-25)26(28-31-15-4-18-32(28)3)27(29)24-13-16-30-17-14-24/h5-14,16-17,20H,4,15,18-19,29H2,1-3H3. The number of aliphatic imine (C=N–C) groups is 1. The zero-order valence-corrected chi connectivity index (χ0v) is 19.7. The molecule has 170 valence electrons. The Labute approximate surface area is 196 Å². The fourth-order valence-electron chi connectivity index (χ4n) is 3.95. The summed E-state index contributed by atoms with van der Waals surface area (Å²) in [6.07, 6.45) is 4.57. The van der Waals surface area contributed by atoms with E-state index >= 15 is 0 Å². The first-order chi connectivity index (χ1) is 16.0. The first-order valence-corrected chi connectivity index (χ1v) is 11.5. The van der Waals surface area contributed by atoms with Crippen molar-refractivity contribution in [1.29, 1.82) is 0 Å². The molecule has 2 N–H and O–H groups in total. The Hall–Kier alpha value is -3.60. The first kappa shape index (κ1) is 22.6. The van der Waals surface area contributed by atoms with Crippen molar-refractivity contribution in [2.24, 2.45) is 10.7 Å². The minimum atomic E-state index is 0.530. The van der Waals surface area contributed by atoms with Crippen molar-refractivity contribution in [1.82, 2.24) is 9.88 Å². The highest BCUT2D eigenvalue weighted by molar-refractivity contribution is 6.29. The Morgan fingerprint density at radius 2 is 1.67 bits per heavy atom. The molecule has 2 aromatic carbocycles. The second-order valence-corrected chi connectivity index (χ2v) is 8.71. The Morgan fingerprint density at radius 1 is 0.970 bits per heavy atom. The van der Waals surface area contributed by atoms with E-state index in [4.69, 9.17) is 15.5 Å². The smallest absolute Gasteiger partial charge is 0.133 e. The third-order valence-corrected chi connectivity index (χ3v) is 5.95. The average Bonchev–Trinajstić information content (AvgIpc) is 2.85. The van der Waals surface area contributed by atoms with Gasteiger partial charge in [-0.3, -0.25) is 9.98 Å². The maximum absolute atomic E-state index is 6.68. The number of nitrogens with two attached hydrogens (primary N) is 1. The van der Waals surface area contributed by atoms with Crippen molar-refractivity contribution in [2.75, 3.05) is 20.1 Å². The minimum absolute atomic E-state index is 0.530. The van der Waals surface area contributed by atoms with Gasteiger partial charge in [-0.15, -0.1) is 0 Å². The monoisotopic (exact) mass is 440 g/mol. The molecule has 0 saturated heterocycles. The molecule has 1 aromatic heterocycles. The summed E-state index contributed by atoms with van der Waals surface area (Å²) in [5.41, 5.74) is 12.8. The number of hydrogen-bond donors (Lipinski definition) is 1. The maximum Gasteiger partial charge on any atom is 0.133 e. The number of pyridine rings is 1. The molecule has 2 heterocycles. The summed E-state index contributed by atoms with van der Waals surface area (Å²) in [5.74, 6) is 2.28. The Morgan fingerprint density at radius 3 is 2.30 bits per heavy atom. The van der Waals surface area contributed by atoms with Crippen LogP contribution in [-0.2, 0) is 6.61 Å². The van der Waals surface area contributed by atoms with Crippen molar-refractivity contribution in [3.8, 4) is 5.75 Å². The normalized spacial score (nSPS) is 14.7. The topological polar surface area (TPSA) is 63.7 Å². The molecule has 5 nitrogen and oxygen atoms in total. The lowest BCUT2D eigenvalue weighted by molar-refractivity contribution is 0.306. The van der Waals surface area contributed by atoms with E-state index in [1.165, 1.54) is 5.56 Å². The molecule has 0 bridgehead atoms. The summed E-state index contributed by atoms with van der Waals surface area (Å²) in [4.78, 5) is 11.1. The van der Waals surface area contributed by atoms with Crippen LogP contribution >= 0.6 is 0 Å². The first-order valence-electron chi connectivity index (χ1n) is 11.5. The molecule has 1 aliphatic rings. The van der Waals surface area contributed by atoms with E-state index in [1.54, 1.807) is 12.4 Å². The van der Waals surface area contributed by atoms with Crippen LogP contribution in [0.15, 0.2) is 78.0 Å². The van der Waals surface area contributed by atoms with Crippen molar-refractivity contribution in [3.63, 3.8) is 0 Å². The van der Waals surface area contributed by atoms with Gasteiger partial charge >= 0.3 is 0 Å². The number of nitrogens with zero attached hydrogens (tertiary/aromatic N) is 3. The molecule has 1 aliphatic heterocycles. The van der Waals surface area contributed by atoms with Crippen LogP contribution in [0.2, 0.25) is 0 Å². The zero-order valence-electron chi connectivity index (χ0n) is 19.7. The summed E-state index contributed by atoms with van der Waals surface area (Å²) in [5, 5.41) is 0. The predicted octanol–water partition coefficient (Wildman–Crippen LogP) is 5.35. The number of ether oxygens (including phenoxy) is 1. The van der Waals surface area contributed by atoms with Gasteiger partial charge in [0.25, 0.3) is 0 Å². The van der Waals surface area contributed by atoms with Gasteiger partial charge in [-0.25, -0.2) is 0 Å². The SMILES string of the molecule is CC(C)c1ccc(COc2ccc(C(C3=NCCCN3C)=C(N)c3ccncc3)cc2)cc1. The molecule has 0 fully saturated rings. The van der Waals surface area contributed by atoms with E-state index in [-0.39, 0.29) is 0 Å². The lowest BCUT2D eigenvalue weighted by Gasteiger charge is -2.28. The molecule has 5 heteroatoms. The van der Waals surface area contributed by atoms with Gasteiger partial charge in [-0.05, 0) is 53.3 Å². The van der Waals surface area contributed by atoms with Crippen molar-refractivity contribution in [2.45, 2.75) is 32.8 Å². The van der Waals surface area contributed by atoms with Crippen LogP contribution in [0.1, 0.15) is 48.4 Å². The van der Waals surface area contributed by atoms with Crippen LogP contribution in [-0.4, -0.2) is 35.9 Å². The molecule has 0 spiro atoms. The molecule has 0 amide bonds. The van der Waals surface area contributed by atoms with Gasteiger partial charge in [0.2, 0.25) is 0 Å². The highest BCUT2D eigenvalue weighted by Gasteiger charge is 2.21. The number of benzene rings is 2. The molecule has 33 heavy (non-hydrogen) atoms. The van der Waals surface area contributed by atoms with Crippen molar-refractivity contribution >= 4 is 17.1 Å². The molecule has 0 radical (unpaired) electrons. The highest BCUT2D eigenvalue weighted by atomic mass is 16.5. The van der Waals surface area contributed by atoms with Gasteiger partial charge in [-0.2, -0.15) is 0 Å². The summed E-state index contributed by atoms with van der Waals surface area (Å²) in [6.45, 7) is 6.71. The van der Waals surface area contributed by atoms with Crippen LogP contribution in [0.4, 0.5) is 0 Å². The van der Waals surface area contributed by atoms with Crippen LogP contribution < -0.4 is 10.5 Å². The molecule has 0 atom stereocenters. The van der Waals surface area contributed by atoms with Crippen LogP contribution in [0.25, 0.3) is 11.3 Å². The van der Waals surface area contributed by atoms with Gasteiger partial charge in [0.15, 0.2) is 0 Å². The fourth-order valence-corrected chi connectivity index (χ4v) is 3.95. The van der Waals surface area contributed by atoms with E-state index < -0.39 is 0 Å². The number of amidine groups is 1. The van der Waals surface area contributed by atoms with Gasteiger partial charge in [0.05, 0.1) is 5.70 Å². The molecule has 0 unspecified atom stereocenters. The zero-order chi connectivity index (χ0) is 23.2. The fraction of sp³-hybridized carbons (Fsp3) is 0.286. The third-order valence-electron chi connectivity index (χ3n) is 5.95. The lowest BCUT2D eigenvalue weighted by Crippen LogP contribution is -2.33. The van der Waals surface area contributed by atoms with Gasteiger partial charge in [0, 0.05) is 43.7 Å². The van der Waals surface area contributed by atoms with Crippen LogP contribution in [0, 0.1) is 0 Å². The quantitative estimate of drug-likeness (QED) is 0.538.